The molecule has 0 saturated carbocycles. The number of rotatable bonds is 5. The van der Waals surface area contributed by atoms with Crippen molar-refractivity contribution in [3.63, 3.8) is 0 Å². The van der Waals surface area contributed by atoms with Crippen molar-refractivity contribution in [2.45, 2.75) is 26.8 Å². The SMILES string of the molecule is CCN(C(=O)C(N)COC)c1cccc(C)c1C.Cl. The van der Waals surface area contributed by atoms with Crippen molar-refractivity contribution < 1.29 is 9.53 Å². The van der Waals surface area contributed by atoms with Crippen LogP contribution in [0, 0.1) is 13.8 Å². The smallest absolute Gasteiger partial charge is 0.246 e. The Balaban J connectivity index is 0.00000324. The molecule has 0 spiro atoms. The van der Waals surface area contributed by atoms with Crippen LogP contribution >= 0.6 is 12.4 Å². The van der Waals surface area contributed by atoms with Crippen LogP contribution in [0.4, 0.5) is 5.69 Å². The van der Waals surface area contributed by atoms with Crippen molar-refractivity contribution in [3.05, 3.63) is 29.3 Å². The molecule has 0 aliphatic rings. The van der Waals surface area contributed by atoms with Gasteiger partial charge in [-0.15, -0.1) is 12.4 Å². The highest BCUT2D eigenvalue weighted by Gasteiger charge is 2.22. The molecule has 1 amide bonds. The Morgan fingerprint density at radius 3 is 2.58 bits per heavy atom. The largest absolute Gasteiger partial charge is 0.383 e. The van der Waals surface area contributed by atoms with Crippen LogP contribution in [0.1, 0.15) is 18.1 Å². The fourth-order valence-corrected chi connectivity index (χ4v) is 1.92. The first-order chi connectivity index (χ1) is 8.52. The summed E-state index contributed by atoms with van der Waals surface area (Å²) >= 11 is 0. The fraction of sp³-hybridized carbons (Fsp3) is 0.500. The van der Waals surface area contributed by atoms with E-state index in [0.717, 1.165) is 11.3 Å². The maximum absolute atomic E-state index is 12.2. The number of carbonyl (C=O) groups excluding carboxylic acids is 1. The number of likely N-dealkylation sites (N-methyl/N-ethyl adjacent to an activating group) is 1. The maximum Gasteiger partial charge on any atom is 0.246 e. The number of carbonyl (C=O) groups is 1. The molecule has 1 aromatic rings. The summed E-state index contributed by atoms with van der Waals surface area (Å²) < 4.78 is 4.94. The van der Waals surface area contributed by atoms with Gasteiger partial charge in [-0.2, -0.15) is 0 Å². The number of benzene rings is 1. The minimum atomic E-state index is -0.616. The van der Waals surface area contributed by atoms with Gasteiger partial charge >= 0.3 is 0 Å². The summed E-state index contributed by atoms with van der Waals surface area (Å²) in [7, 11) is 1.54. The van der Waals surface area contributed by atoms with Crippen molar-refractivity contribution in [2.24, 2.45) is 5.73 Å². The molecule has 1 unspecified atom stereocenters. The first-order valence-electron chi connectivity index (χ1n) is 6.15. The van der Waals surface area contributed by atoms with E-state index in [0.29, 0.717) is 6.54 Å². The third kappa shape index (κ3) is 4.20. The van der Waals surface area contributed by atoms with Gasteiger partial charge < -0.3 is 15.4 Å². The Morgan fingerprint density at radius 2 is 2.05 bits per heavy atom. The van der Waals surface area contributed by atoms with Gasteiger partial charge in [-0.05, 0) is 38.0 Å². The summed E-state index contributed by atoms with van der Waals surface area (Å²) in [6, 6.07) is 5.32. The molecule has 0 aliphatic heterocycles. The summed E-state index contributed by atoms with van der Waals surface area (Å²) in [6.07, 6.45) is 0. The van der Waals surface area contributed by atoms with Gasteiger partial charge in [-0.1, -0.05) is 12.1 Å². The first kappa shape index (κ1) is 17.9. The van der Waals surface area contributed by atoms with Gasteiger partial charge in [0.2, 0.25) is 5.91 Å². The number of nitrogens with two attached hydrogens (primary N) is 1. The minimum Gasteiger partial charge on any atom is -0.383 e. The third-order valence-electron chi connectivity index (χ3n) is 3.11. The summed E-state index contributed by atoms with van der Waals surface area (Å²) in [5.74, 6) is -0.104. The van der Waals surface area contributed by atoms with E-state index in [-0.39, 0.29) is 24.9 Å². The van der Waals surface area contributed by atoms with Gasteiger partial charge in [-0.25, -0.2) is 0 Å². The van der Waals surface area contributed by atoms with E-state index in [4.69, 9.17) is 10.5 Å². The Hall–Kier alpha value is -1.10. The molecule has 1 rings (SSSR count). The monoisotopic (exact) mass is 286 g/mol. The molecule has 1 atom stereocenters. The van der Waals surface area contributed by atoms with Crippen LogP contribution in [0.5, 0.6) is 0 Å². The van der Waals surface area contributed by atoms with E-state index in [1.165, 1.54) is 5.56 Å². The third-order valence-corrected chi connectivity index (χ3v) is 3.11. The van der Waals surface area contributed by atoms with Crippen molar-refractivity contribution >= 4 is 24.0 Å². The van der Waals surface area contributed by atoms with Crippen LogP contribution in [-0.2, 0) is 9.53 Å². The van der Waals surface area contributed by atoms with Gasteiger partial charge in [0.15, 0.2) is 0 Å². The van der Waals surface area contributed by atoms with Gasteiger partial charge in [0.25, 0.3) is 0 Å². The predicted octanol–water partition coefficient (Wildman–Crippen LogP) is 2.05. The van der Waals surface area contributed by atoms with Crippen molar-refractivity contribution in [1.29, 1.82) is 0 Å². The molecule has 0 saturated heterocycles. The zero-order chi connectivity index (χ0) is 13.7. The molecule has 0 aliphatic carbocycles. The van der Waals surface area contributed by atoms with Gasteiger partial charge in [-0.3, -0.25) is 4.79 Å². The van der Waals surface area contributed by atoms with Crippen LogP contribution in [-0.4, -0.2) is 32.2 Å². The Labute approximate surface area is 121 Å². The molecule has 0 heterocycles. The maximum atomic E-state index is 12.2. The number of ether oxygens (including phenoxy) is 1. The summed E-state index contributed by atoms with van der Waals surface area (Å²) in [4.78, 5) is 14.0. The Kier molecular flexibility index (Phi) is 7.68. The average Bonchev–Trinajstić information content (AvgIpc) is 2.35. The van der Waals surface area contributed by atoms with E-state index in [9.17, 15) is 4.79 Å². The summed E-state index contributed by atoms with van der Waals surface area (Å²) in [5.41, 5.74) is 9.01. The normalized spacial score (nSPS) is 11.6. The Morgan fingerprint density at radius 1 is 1.42 bits per heavy atom. The Bertz CT molecular complexity index is 424. The van der Waals surface area contributed by atoms with Crippen molar-refractivity contribution in [3.8, 4) is 0 Å². The van der Waals surface area contributed by atoms with E-state index in [1.807, 2.05) is 39.0 Å². The topological polar surface area (TPSA) is 55.6 Å². The van der Waals surface area contributed by atoms with Gasteiger partial charge in [0.1, 0.15) is 6.04 Å². The van der Waals surface area contributed by atoms with Gasteiger partial charge in [0, 0.05) is 19.3 Å². The number of amides is 1. The first-order valence-corrected chi connectivity index (χ1v) is 6.15. The van der Waals surface area contributed by atoms with E-state index < -0.39 is 6.04 Å². The number of anilines is 1. The highest BCUT2D eigenvalue weighted by Crippen LogP contribution is 2.23. The highest BCUT2D eigenvalue weighted by molar-refractivity contribution is 5.97. The van der Waals surface area contributed by atoms with Crippen molar-refractivity contribution in [1.82, 2.24) is 0 Å². The molecule has 0 bridgehead atoms. The van der Waals surface area contributed by atoms with Crippen molar-refractivity contribution in [2.75, 3.05) is 25.2 Å². The average molecular weight is 287 g/mol. The number of methoxy groups -OCH3 is 1. The highest BCUT2D eigenvalue weighted by atomic mass is 35.5. The lowest BCUT2D eigenvalue weighted by Crippen LogP contribution is -2.46. The van der Waals surface area contributed by atoms with E-state index in [2.05, 4.69) is 0 Å². The molecule has 2 N–H and O–H groups in total. The van der Waals surface area contributed by atoms with Crippen LogP contribution < -0.4 is 10.6 Å². The molecule has 1 aromatic carbocycles. The zero-order valence-electron chi connectivity index (χ0n) is 12.0. The number of nitrogens with zero attached hydrogens (tertiary/aromatic N) is 1. The quantitative estimate of drug-likeness (QED) is 0.901. The molecule has 0 aromatic heterocycles. The molecule has 0 radical (unpaired) electrons. The van der Waals surface area contributed by atoms with Crippen LogP contribution in [0.25, 0.3) is 0 Å². The second-order valence-corrected chi connectivity index (χ2v) is 4.36. The number of halogens is 1. The fourth-order valence-electron chi connectivity index (χ4n) is 1.92. The summed E-state index contributed by atoms with van der Waals surface area (Å²) in [5, 5.41) is 0. The van der Waals surface area contributed by atoms with E-state index >= 15 is 0 Å². The lowest BCUT2D eigenvalue weighted by atomic mass is 10.1. The second-order valence-electron chi connectivity index (χ2n) is 4.36. The number of aryl methyl sites for hydroxylation is 1. The van der Waals surface area contributed by atoms with Crippen LogP contribution in [0.15, 0.2) is 18.2 Å². The number of hydrogen-bond acceptors (Lipinski definition) is 3. The van der Waals surface area contributed by atoms with Crippen LogP contribution in [0.3, 0.4) is 0 Å². The minimum absolute atomic E-state index is 0. The molecule has 5 heteroatoms. The van der Waals surface area contributed by atoms with Gasteiger partial charge in [0.05, 0.1) is 6.61 Å². The van der Waals surface area contributed by atoms with E-state index in [1.54, 1.807) is 12.0 Å². The molecule has 108 valence electrons. The predicted molar refractivity (Wildman–Crippen MR) is 81.0 cm³/mol. The molecular weight excluding hydrogens is 264 g/mol. The lowest BCUT2D eigenvalue weighted by molar-refractivity contribution is -0.120. The molecule has 0 fully saturated rings. The second kappa shape index (κ2) is 8.15. The molecule has 4 nitrogen and oxygen atoms in total. The standard InChI is InChI=1S/C14H22N2O2.ClH/c1-5-16(14(17)12(15)9-18-4)13-8-6-7-10(2)11(13)3;/h6-8,12H,5,9,15H2,1-4H3;1H. The molecule has 19 heavy (non-hydrogen) atoms. The molecular formula is C14H23ClN2O2. The zero-order valence-corrected chi connectivity index (χ0v) is 12.8. The summed E-state index contributed by atoms with van der Waals surface area (Å²) in [6.45, 7) is 6.83. The lowest BCUT2D eigenvalue weighted by Gasteiger charge is -2.26. The number of hydrogen-bond donors (Lipinski definition) is 1. The van der Waals surface area contributed by atoms with Crippen LogP contribution in [0.2, 0.25) is 0 Å².